The van der Waals surface area contributed by atoms with Gasteiger partial charge in [-0.3, -0.25) is 4.79 Å². The van der Waals surface area contributed by atoms with Crippen molar-refractivity contribution in [1.82, 2.24) is 0 Å². The SMILES string of the molecule is CCOC(=O)C(C)SC(=S)C=C(C)C. The topological polar surface area (TPSA) is 26.3 Å². The summed E-state index contributed by atoms with van der Waals surface area (Å²) >= 11 is 6.45. The van der Waals surface area contributed by atoms with E-state index in [1.54, 1.807) is 13.8 Å². The van der Waals surface area contributed by atoms with Crippen LogP contribution in [0.3, 0.4) is 0 Å². The quantitative estimate of drug-likeness (QED) is 0.423. The van der Waals surface area contributed by atoms with Gasteiger partial charge in [0.1, 0.15) is 5.25 Å². The molecule has 0 aliphatic carbocycles. The summed E-state index contributed by atoms with van der Waals surface area (Å²) in [6.45, 7) is 7.96. The zero-order valence-electron chi connectivity index (χ0n) is 8.99. The Morgan fingerprint density at radius 3 is 2.57 bits per heavy atom. The van der Waals surface area contributed by atoms with E-state index in [1.165, 1.54) is 11.8 Å². The Morgan fingerprint density at radius 1 is 1.57 bits per heavy atom. The number of hydrogen-bond donors (Lipinski definition) is 0. The highest BCUT2D eigenvalue weighted by molar-refractivity contribution is 8.24. The average Bonchev–Trinajstić information content (AvgIpc) is 2.02. The van der Waals surface area contributed by atoms with Gasteiger partial charge in [-0.15, -0.1) is 0 Å². The van der Waals surface area contributed by atoms with Crippen molar-refractivity contribution in [2.75, 3.05) is 6.61 Å². The molecule has 1 atom stereocenters. The largest absolute Gasteiger partial charge is 0.465 e. The van der Waals surface area contributed by atoms with Crippen LogP contribution in [0.4, 0.5) is 0 Å². The number of thiocarbonyl (C=S) groups is 1. The Labute approximate surface area is 95.1 Å². The van der Waals surface area contributed by atoms with Gasteiger partial charge in [0.2, 0.25) is 0 Å². The molecule has 0 fully saturated rings. The van der Waals surface area contributed by atoms with E-state index >= 15 is 0 Å². The first-order chi connectivity index (χ1) is 6.47. The maximum absolute atomic E-state index is 11.2. The minimum absolute atomic E-state index is 0.206. The van der Waals surface area contributed by atoms with E-state index in [-0.39, 0.29) is 11.2 Å². The first kappa shape index (κ1) is 13.7. The van der Waals surface area contributed by atoms with Gasteiger partial charge in [0.15, 0.2) is 0 Å². The van der Waals surface area contributed by atoms with E-state index in [9.17, 15) is 4.79 Å². The Morgan fingerprint density at radius 2 is 2.14 bits per heavy atom. The second-order valence-electron chi connectivity index (χ2n) is 3.05. The summed E-state index contributed by atoms with van der Waals surface area (Å²) in [7, 11) is 0. The number of ether oxygens (including phenoxy) is 1. The van der Waals surface area contributed by atoms with Crippen LogP contribution in [-0.2, 0) is 9.53 Å². The summed E-state index contributed by atoms with van der Waals surface area (Å²) in [5.74, 6) is -0.206. The summed E-state index contributed by atoms with van der Waals surface area (Å²) in [6, 6.07) is 0. The lowest BCUT2D eigenvalue weighted by molar-refractivity contribution is -0.142. The molecule has 2 nitrogen and oxygen atoms in total. The maximum atomic E-state index is 11.2. The van der Waals surface area contributed by atoms with Crippen LogP contribution in [0.1, 0.15) is 27.7 Å². The molecule has 0 radical (unpaired) electrons. The second kappa shape index (κ2) is 7.01. The first-order valence-corrected chi connectivity index (χ1v) is 5.78. The third-order valence-corrected chi connectivity index (χ3v) is 2.62. The Hall–Kier alpha value is -0.350. The van der Waals surface area contributed by atoms with Crippen molar-refractivity contribution in [3.63, 3.8) is 0 Å². The second-order valence-corrected chi connectivity index (χ2v) is 5.13. The van der Waals surface area contributed by atoms with Crippen LogP contribution in [-0.4, -0.2) is 22.0 Å². The molecule has 0 aromatic rings. The predicted octanol–water partition coefficient (Wildman–Crippen LogP) is 2.96. The molecule has 0 amide bonds. The van der Waals surface area contributed by atoms with Crippen molar-refractivity contribution in [3.05, 3.63) is 11.6 Å². The van der Waals surface area contributed by atoms with E-state index in [1.807, 2.05) is 19.9 Å². The monoisotopic (exact) mass is 232 g/mol. The van der Waals surface area contributed by atoms with Crippen LogP contribution in [0.2, 0.25) is 0 Å². The molecule has 0 aliphatic heterocycles. The van der Waals surface area contributed by atoms with E-state index in [0.717, 1.165) is 9.77 Å². The van der Waals surface area contributed by atoms with Crippen LogP contribution in [0.15, 0.2) is 11.6 Å². The smallest absolute Gasteiger partial charge is 0.319 e. The van der Waals surface area contributed by atoms with Gasteiger partial charge in [-0.25, -0.2) is 0 Å². The number of esters is 1. The normalized spacial score (nSPS) is 11.7. The minimum Gasteiger partial charge on any atom is -0.465 e. The van der Waals surface area contributed by atoms with Crippen LogP contribution in [0.25, 0.3) is 0 Å². The molecule has 0 bridgehead atoms. The van der Waals surface area contributed by atoms with Gasteiger partial charge in [0.25, 0.3) is 0 Å². The molecule has 4 heteroatoms. The Balaban J connectivity index is 4.06. The van der Waals surface area contributed by atoms with Gasteiger partial charge < -0.3 is 4.74 Å². The van der Waals surface area contributed by atoms with Crippen molar-refractivity contribution in [1.29, 1.82) is 0 Å². The molecule has 1 unspecified atom stereocenters. The molecule has 0 spiro atoms. The van der Waals surface area contributed by atoms with E-state index in [2.05, 4.69) is 0 Å². The van der Waals surface area contributed by atoms with Crippen LogP contribution >= 0.6 is 24.0 Å². The number of hydrogen-bond acceptors (Lipinski definition) is 4. The first-order valence-electron chi connectivity index (χ1n) is 4.49. The molecule has 80 valence electrons. The standard InChI is InChI=1S/C10H16O2S2/c1-5-12-10(11)8(4)14-9(13)6-7(2)3/h6,8H,5H2,1-4H3. The lowest BCUT2D eigenvalue weighted by atomic mass is 10.3. The van der Waals surface area contributed by atoms with Gasteiger partial charge in [0, 0.05) is 0 Å². The zero-order valence-corrected chi connectivity index (χ0v) is 10.6. The lowest BCUT2D eigenvalue weighted by Gasteiger charge is -2.08. The van der Waals surface area contributed by atoms with Gasteiger partial charge >= 0.3 is 5.97 Å². The molecule has 14 heavy (non-hydrogen) atoms. The molecule has 0 aromatic carbocycles. The summed E-state index contributed by atoms with van der Waals surface area (Å²) in [5, 5.41) is -0.224. The average molecular weight is 232 g/mol. The molecule has 0 N–H and O–H groups in total. The van der Waals surface area contributed by atoms with Gasteiger partial charge in [-0.1, -0.05) is 29.6 Å². The molecule has 0 saturated heterocycles. The minimum atomic E-state index is -0.224. The summed E-state index contributed by atoms with van der Waals surface area (Å²) < 4.78 is 5.60. The molecular weight excluding hydrogens is 216 g/mol. The highest BCUT2D eigenvalue weighted by atomic mass is 32.2. The van der Waals surface area contributed by atoms with Crippen LogP contribution in [0.5, 0.6) is 0 Å². The van der Waals surface area contributed by atoms with E-state index in [4.69, 9.17) is 17.0 Å². The summed E-state index contributed by atoms with van der Waals surface area (Å²) in [4.78, 5) is 11.2. The number of allylic oxidation sites excluding steroid dienone is 1. The fraction of sp³-hybridized carbons (Fsp3) is 0.600. The Kier molecular flexibility index (Phi) is 6.83. The maximum Gasteiger partial charge on any atom is 0.319 e. The van der Waals surface area contributed by atoms with E-state index < -0.39 is 0 Å². The molecule has 0 aliphatic rings. The van der Waals surface area contributed by atoms with Crippen molar-refractivity contribution in [2.45, 2.75) is 32.9 Å². The van der Waals surface area contributed by atoms with Crippen LogP contribution < -0.4 is 0 Å². The van der Waals surface area contributed by atoms with Gasteiger partial charge in [-0.05, 0) is 33.8 Å². The summed E-state index contributed by atoms with van der Waals surface area (Å²) in [6.07, 6.45) is 1.88. The number of thioether (sulfide) groups is 1. The van der Waals surface area contributed by atoms with Crippen molar-refractivity contribution >= 4 is 34.1 Å². The fourth-order valence-corrected chi connectivity index (χ4v) is 2.24. The molecule has 0 aromatic heterocycles. The fourth-order valence-electron chi connectivity index (χ4n) is 0.752. The Bertz CT molecular complexity index is 243. The van der Waals surface area contributed by atoms with Gasteiger partial charge in [-0.2, -0.15) is 0 Å². The van der Waals surface area contributed by atoms with Gasteiger partial charge in [0.05, 0.1) is 10.8 Å². The highest BCUT2D eigenvalue weighted by Gasteiger charge is 2.15. The molecule has 0 rings (SSSR count). The van der Waals surface area contributed by atoms with Crippen molar-refractivity contribution in [3.8, 4) is 0 Å². The van der Waals surface area contributed by atoms with Crippen molar-refractivity contribution in [2.24, 2.45) is 0 Å². The predicted molar refractivity (Wildman–Crippen MR) is 65.7 cm³/mol. The highest BCUT2D eigenvalue weighted by Crippen LogP contribution is 2.16. The van der Waals surface area contributed by atoms with E-state index in [0.29, 0.717) is 6.61 Å². The zero-order chi connectivity index (χ0) is 11.1. The molecule has 0 saturated carbocycles. The summed E-state index contributed by atoms with van der Waals surface area (Å²) in [5.41, 5.74) is 1.14. The number of rotatable bonds is 4. The number of carbonyl (C=O) groups excluding carboxylic acids is 1. The van der Waals surface area contributed by atoms with Crippen LogP contribution in [0, 0.1) is 0 Å². The number of carbonyl (C=O) groups is 1. The third-order valence-electron chi connectivity index (χ3n) is 1.32. The molecule has 0 heterocycles. The van der Waals surface area contributed by atoms with Crippen molar-refractivity contribution < 1.29 is 9.53 Å². The third kappa shape index (κ3) is 6.16. The molecular formula is C10H16O2S2. The lowest BCUT2D eigenvalue weighted by Crippen LogP contribution is -2.17.